The van der Waals surface area contributed by atoms with E-state index in [0.717, 1.165) is 11.1 Å². The highest BCUT2D eigenvalue weighted by atomic mass is 32.2. The Kier molecular flexibility index (Phi) is 6.08. The van der Waals surface area contributed by atoms with Crippen LogP contribution in [0.1, 0.15) is 17.5 Å². The van der Waals surface area contributed by atoms with Crippen LogP contribution in [0.25, 0.3) is 0 Å². The van der Waals surface area contributed by atoms with Gasteiger partial charge in [-0.25, -0.2) is 4.57 Å². The number of rotatable bonds is 6. The average molecular weight is 493 g/mol. The smallest absolute Gasteiger partial charge is 0.250 e. The first kappa shape index (κ1) is 23.1. The number of aliphatic carboxylic acids is 1. The van der Waals surface area contributed by atoms with Crippen molar-refractivity contribution in [2.45, 2.75) is 30.9 Å². The van der Waals surface area contributed by atoms with Gasteiger partial charge in [0.1, 0.15) is 17.2 Å². The van der Waals surface area contributed by atoms with Gasteiger partial charge in [0.2, 0.25) is 11.8 Å². The number of hydrogen-bond donors (Lipinski definition) is 2. The van der Waals surface area contributed by atoms with E-state index in [1.807, 2.05) is 35.2 Å². The summed E-state index contributed by atoms with van der Waals surface area (Å²) in [5.41, 5.74) is 8.47. The van der Waals surface area contributed by atoms with E-state index in [9.17, 15) is 24.6 Å². The number of carbonyl (C=O) groups is 3. The maximum Gasteiger partial charge on any atom is 0.250 e. The lowest BCUT2D eigenvalue weighted by atomic mass is 10.0. The molecule has 0 saturated carbocycles. The van der Waals surface area contributed by atoms with Gasteiger partial charge in [0, 0.05) is 42.1 Å². The maximum atomic E-state index is 13.0. The summed E-state index contributed by atoms with van der Waals surface area (Å²) in [5, 5.41) is 21.0. The molecule has 0 aliphatic carbocycles. The number of hydrogen-bond acceptors (Lipinski definition) is 7. The monoisotopic (exact) mass is 492 g/mol. The van der Waals surface area contributed by atoms with Crippen LogP contribution in [0.15, 0.2) is 71.7 Å². The highest BCUT2D eigenvalue weighted by Gasteiger charge is 2.50. The van der Waals surface area contributed by atoms with Crippen molar-refractivity contribution >= 4 is 29.5 Å². The summed E-state index contributed by atoms with van der Waals surface area (Å²) in [4.78, 5) is 39.8. The Morgan fingerprint density at radius 2 is 2.00 bits per heavy atom. The van der Waals surface area contributed by atoms with E-state index < -0.39 is 23.3 Å². The fourth-order valence-corrected chi connectivity index (χ4v) is 5.84. The number of thioether (sulfide) groups is 1. The number of β-lactam (4-membered cyclic amide) rings is 1. The number of pyridine rings is 1. The van der Waals surface area contributed by atoms with Crippen molar-refractivity contribution in [2.75, 3.05) is 12.3 Å². The minimum Gasteiger partial charge on any atom is -0.543 e. The number of benzene rings is 1. The third-order valence-corrected chi connectivity index (χ3v) is 7.73. The van der Waals surface area contributed by atoms with Gasteiger partial charge in [-0.15, -0.1) is 11.8 Å². The van der Waals surface area contributed by atoms with Crippen molar-refractivity contribution in [3.05, 3.63) is 82.8 Å². The molecule has 0 unspecified atom stereocenters. The lowest BCUT2D eigenvalue weighted by molar-refractivity contribution is -0.688. The molecule has 2 aromatic rings. The second kappa shape index (κ2) is 9.20. The number of fused-ring (bicyclic) bond motifs is 1. The molecule has 2 atom stereocenters. The Balaban J connectivity index is 1.27. The Bertz CT molecular complexity index is 1270. The fraction of sp³-hybridized carbons (Fsp3) is 0.280. The molecule has 0 bridgehead atoms. The van der Waals surface area contributed by atoms with Gasteiger partial charge in [0.15, 0.2) is 18.9 Å². The van der Waals surface area contributed by atoms with E-state index in [2.05, 4.69) is 0 Å². The van der Waals surface area contributed by atoms with Crippen molar-refractivity contribution in [1.29, 1.82) is 0 Å². The Morgan fingerprint density at radius 1 is 1.23 bits per heavy atom. The Labute approximate surface area is 206 Å². The number of aromatic hydroxyl groups is 1. The molecule has 2 amide bonds. The number of carboxylic acid groups (broad SMARTS) is 1. The summed E-state index contributed by atoms with van der Waals surface area (Å²) in [6.07, 6.45) is 5.95. The van der Waals surface area contributed by atoms with Crippen LogP contribution in [0.2, 0.25) is 0 Å². The summed E-state index contributed by atoms with van der Waals surface area (Å²) in [5.74, 6) is -1.45. The van der Waals surface area contributed by atoms with E-state index in [1.54, 1.807) is 29.2 Å². The third kappa shape index (κ3) is 4.42. The van der Waals surface area contributed by atoms with Gasteiger partial charge < -0.3 is 25.6 Å². The highest BCUT2D eigenvalue weighted by Crippen LogP contribution is 2.40. The second-order valence-electron chi connectivity index (χ2n) is 8.79. The zero-order chi connectivity index (χ0) is 24.7. The van der Waals surface area contributed by atoms with Gasteiger partial charge in [0.05, 0.1) is 11.7 Å². The number of carbonyl (C=O) groups excluding carboxylic acids is 3. The van der Waals surface area contributed by atoms with Gasteiger partial charge >= 0.3 is 0 Å². The van der Waals surface area contributed by atoms with Crippen molar-refractivity contribution in [2.24, 2.45) is 5.73 Å². The van der Waals surface area contributed by atoms with Crippen molar-refractivity contribution < 1.29 is 29.2 Å². The van der Waals surface area contributed by atoms with Crippen LogP contribution >= 0.6 is 11.8 Å². The molecular weight excluding hydrogens is 468 g/mol. The molecule has 10 heteroatoms. The minimum absolute atomic E-state index is 0.148. The molecule has 2 fully saturated rings. The Hall–Kier alpha value is -3.63. The number of carboxylic acids is 1. The SMILES string of the molecule is N[C@@H]1C(=O)N2C(C(=O)[O-])=C(/C=C3\CCN(Cc4cc[n+](Cc5cccc(O)c5)cc4)C3=O)CS[C@H]12. The van der Waals surface area contributed by atoms with Gasteiger partial charge in [-0.1, -0.05) is 12.1 Å². The first-order valence-corrected chi connectivity index (χ1v) is 12.3. The molecule has 35 heavy (non-hydrogen) atoms. The predicted octanol–water partition coefficient (Wildman–Crippen LogP) is -0.367. The third-order valence-electron chi connectivity index (χ3n) is 6.40. The number of phenols is 1. The molecule has 4 heterocycles. The van der Waals surface area contributed by atoms with E-state index >= 15 is 0 Å². The molecule has 1 aromatic carbocycles. The summed E-state index contributed by atoms with van der Waals surface area (Å²) in [7, 11) is 0. The van der Waals surface area contributed by atoms with Crippen LogP contribution in [-0.4, -0.2) is 56.4 Å². The molecule has 9 nitrogen and oxygen atoms in total. The standard InChI is InChI=1S/C25H24N4O5S/c26-20-23(32)29-21(25(33)34)18(14-35-24(20)29)11-17-6-9-28(22(17)31)13-15-4-7-27(8-5-15)12-16-2-1-3-19(30)10-16/h1-5,7-8,10-11,20,24H,6,9,12-14,26H2,(H-,30,33,34)/b17-11+/t20-,24-/m1/s1. The van der Waals surface area contributed by atoms with Crippen LogP contribution in [0.3, 0.4) is 0 Å². The zero-order valence-corrected chi connectivity index (χ0v) is 19.6. The number of nitrogens with two attached hydrogens (primary N) is 1. The molecule has 1 aromatic heterocycles. The summed E-state index contributed by atoms with van der Waals surface area (Å²) in [6.45, 7) is 1.58. The topological polar surface area (TPSA) is 131 Å². The molecule has 2 saturated heterocycles. The maximum absolute atomic E-state index is 13.0. The van der Waals surface area contributed by atoms with Crippen molar-refractivity contribution in [1.82, 2.24) is 9.80 Å². The van der Waals surface area contributed by atoms with Crippen LogP contribution in [-0.2, 0) is 27.5 Å². The summed E-state index contributed by atoms with van der Waals surface area (Å²) < 4.78 is 1.99. The lowest BCUT2D eigenvalue weighted by Crippen LogP contribution is -2.69. The number of allylic oxidation sites excluding steroid dienone is 1. The molecule has 180 valence electrons. The second-order valence-corrected chi connectivity index (χ2v) is 9.90. The fourth-order valence-electron chi connectivity index (χ4n) is 4.59. The predicted molar refractivity (Wildman–Crippen MR) is 125 cm³/mol. The molecule has 3 aliphatic rings. The molecule has 3 aliphatic heterocycles. The molecule has 5 rings (SSSR count). The Morgan fingerprint density at radius 3 is 2.71 bits per heavy atom. The van der Waals surface area contributed by atoms with Gasteiger partial charge in [0.25, 0.3) is 0 Å². The first-order chi connectivity index (χ1) is 16.8. The van der Waals surface area contributed by atoms with E-state index in [1.165, 1.54) is 16.7 Å². The van der Waals surface area contributed by atoms with Crippen LogP contribution < -0.4 is 15.4 Å². The first-order valence-electron chi connectivity index (χ1n) is 11.2. The average Bonchev–Trinajstić information content (AvgIpc) is 3.18. The molecule has 3 N–H and O–H groups in total. The number of nitrogens with zero attached hydrogens (tertiary/aromatic N) is 3. The minimum atomic E-state index is -1.44. The number of likely N-dealkylation sites (tertiary alicyclic amines) is 1. The summed E-state index contributed by atoms with van der Waals surface area (Å²) >= 11 is 1.39. The van der Waals surface area contributed by atoms with E-state index in [0.29, 0.717) is 43.0 Å². The van der Waals surface area contributed by atoms with Crippen LogP contribution in [0, 0.1) is 0 Å². The van der Waals surface area contributed by atoms with Crippen molar-refractivity contribution in [3.8, 4) is 5.75 Å². The quantitative estimate of drug-likeness (QED) is 0.320. The lowest BCUT2D eigenvalue weighted by Gasteiger charge is -2.49. The van der Waals surface area contributed by atoms with Crippen molar-refractivity contribution in [3.63, 3.8) is 0 Å². The van der Waals surface area contributed by atoms with E-state index in [-0.39, 0.29) is 17.4 Å². The van der Waals surface area contributed by atoms with Crippen LogP contribution in [0.5, 0.6) is 5.75 Å². The largest absolute Gasteiger partial charge is 0.543 e. The number of aromatic nitrogens is 1. The normalized spacial score (nSPS) is 23.1. The number of amides is 2. The molecule has 0 spiro atoms. The highest BCUT2D eigenvalue weighted by molar-refractivity contribution is 8.00. The summed E-state index contributed by atoms with van der Waals surface area (Å²) in [6, 6.07) is 10.3. The van der Waals surface area contributed by atoms with Gasteiger partial charge in [-0.3, -0.25) is 14.5 Å². The number of phenolic OH excluding ortho intramolecular Hbond substituents is 1. The van der Waals surface area contributed by atoms with E-state index in [4.69, 9.17) is 5.73 Å². The van der Waals surface area contributed by atoms with Gasteiger partial charge in [-0.2, -0.15) is 0 Å². The zero-order valence-electron chi connectivity index (χ0n) is 18.8. The molecule has 0 radical (unpaired) electrons. The van der Waals surface area contributed by atoms with Gasteiger partial charge in [-0.05, 0) is 35.8 Å². The molecular formula is C25H24N4O5S. The van der Waals surface area contributed by atoms with Crippen LogP contribution in [0.4, 0.5) is 0 Å².